The lowest BCUT2D eigenvalue weighted by Crippen LogP contribution is -2.19. The Morgan fingerprint density at radius 2 is 1.89 bits per heavy atom. The molecule has 0 saturated heterocycles. The Labute approximate surface area is 104 Å². The van der Waals surface area contributed by atoms with Gasteiger partial charge in [-0.15, -0.1) is 0 Å². The third-order valence-corrected chi connectivity index (χ3v) is 2.62. The normalized spacial score (nSPS) is 13.2. The maximum Gasteiger partial charge on any atom is 0.416 e. The van der Waals surface area contributed by atoms with Gasteiger partial charge in [0.1, 0.15) is 0 Å². The lowest BCUT2D eigenvalue weighted by atomic mass is 9.92. The molecule has 0 aliphatic rings. The van der Waals surface area contributed by atoms with E-state index in [-0.39, 0.29) is 18.6 Å². The van der Waals surface area contributed by atoms with Crippen molar-refractivity contribution in [3.05, 3.63) is 35.4 Å². The van der Waals surface area contributed by atoms with Crippen LogP contribution in [0.15, 0.2) is 24.3 Å². The lowest BCUT2D eigenvalue weighted by Gasteiger charge is -2.19. The van der Waals surface area contributed by atoms with E-state index in [0.717, 1.165) is 6.07 Å². The summed E-state index contributed by atoms with van der Waals surface area (Å²) in [4.78, 5) is 11.7. The van der Waals surface area contributed by atoms with E-state index >= 15 is 0 Å². The second-order valence-electron chi connectivity index (χ2n) is 3.80. The lowest BCUT2D eigenvalue weighted by molar-refractivity contribution is -0.146. The van der Waals surface area contributed by atoms with Crippen LogP contribution in [-0.4, -0.2) is 12.6 Å². The molecule has 0 aliphatic heterocycles. The molecule has 18 heavy (non-hydrogen) atoms. The molecule has 0 fully saturated rings. The molecule has 1 rings (SSSR count). The maximum absolute atomic E-state index is 12.8. The fraction of sp³-hybridized carbons (Fsp3) is 0.462. The van der Waals surface area contributed by atoms with E-state index < -0.39 is 23.6 Å². The Morgan fingerprint density at radius 3 is 2.39 bits per heavy atom. The van der Waals surface area contributed by atoms with Crippen molar-refractivity contribution in [1.82, 2.24) is 0 Å². The van der Waals surface area contributed by atoms with Crippen LogP contribution < -0.4 is 0 Å². The third kappa shape index (κ3) is 3.24. The quantitative estimate of drug-likeness (QED) is 0.770. The van der Waals surface area contributed by atoms with Crippen LogP contribution in [0.3, 0.4) is 0 Å². The van der Waals surface area contributed by atoms with Gasteiger partial charge in [-0.25, -0.2) is 0 Å². The highest BCUT2D eigenvalue weighted by molar-refractivity contribution is 5.78. The molecule has 0 N–H and O–H groups in total. The Balaban J connectivity index is 3.18. The van der Waals surface area contributed by atoms with Gasteiger partial charge in [-0.2, -0.15) is 13.2 Å². The topological polar surface area (TPSA) is 26.3 Å². The van der Waals surface area contributed by atoms with E-state index in [4.69, 9.17) is 4.74 Å². The van der Waals surface area contributed by atoms with E-state index in [2.05, 4.69) is 0 Å². The van der Waals surface area contributed by atoms with Crippen molar-refractivity contribution in [1.29, 1.82) is 0 Å². The summed E-state index contributed by atoms with van der Waals surface area (Å²) in [6.45, 7) is 3.44. The standard InChI is InChI=1S/C13H15F3O2/c1-3-9(12(17)18-4-2)10-7-5-6-8-11(10)13(14,15)16/h5-9H,3-4H2,1-2H3. The highest BCUT2D eigenvalue weighted by atomic mass is 19.4. The smallest absolute Gasteiger partial charge is 0.416 e. The second-order valence-corrected chi connectivity index (χ2v) is 3.80. The van der Waals surface area contributed by atoms with Crippen LogP contribution in [0.2, 0.25) is 0 Å². The van der Waals surface area contributed by atoms with Gasteiger partial charge in [0.25, 0.3) is 0 Å². The van der Waals surface area contributed by atoms with Crippen molar-refractivity contribution in [3.63, 3.8) is 0 Å². The van der Waals surface area contributed by atoms with Crippen LogP contribution in [0.5, 0.6) is 0 Å². The number of hydrogen-bond acceptors (Lipinski definition) is 2. The van der Waals surface area contributed by atoms with E-state index in [1.807, 2.05) is 0 Å². The van der Waals surface area contributed by atoms with Crippen molar-refractivity contribution < 1.29 is 22.7 Å². The maximum atomic E-state index is 12.8. The van der Waals surface area contributed by atoms with Crippen molar-refractivity contribution in [2.75, 3.05) is 6.61 Å². The van der Waals surface area contributed by atoms with Gasteiger partial charge in [0.15, 0.2) is 0 Å². The number of carbonyl (C=O) groups is 1. The number of carbonyl (C=O) groups excluding carboxylic acids is 1. The SMILES string of the molecule is CCOC(=O)C(CC)c1ccccc1C(F)(F)F. The van der Waals surface area contributed by atoms with Gasteiger partial charge in [0, 0.05) is 0 Å². The predicted octanol–water partition coefficient (Wildman–Crippen LogP) is 3.76. The van der Waals surface area contributed by atoms with Crippen LogP contribution in [0.25, 0.3) is 0 Å². The zero-order valence-electron chi connectivity index (χ0n) is 10.3. The summed E-state index contributed by atoms with van der Waals surface area (Å²) in [7, 11) is 0. The van der Waals surface area contributed by atoms with Gasteiger partial charge in [-0.1, -0.05) is 25.1 Å². The van der Waals surface area contributed by atoms with Crippen LogP contribution in [-0.2, 0) is 15.7 Å². The average Bonchev–Trinajstić information content (AvgIpc) is 2.29. The number of esters is 1. The average molecular weight is 260 g/mol. The number of hydrogen-bond donors (Lipinski definition) is 0. The van der Waals surface area contributed by atoms with Gasteiger partial charge < -0.3 is 4.74 Å². The number of rotatable bonds is 4. The Morgan fingerprint density at radius 1 is 1.28 bits per heavy atom. The van der Waals surface area contributed by atoms with Crippen LogP contribution in [0.1, 0.15) is 37.3 Å². The Bertz CT molecular complexity index is 413. The molecule has 1 unspecified atom stereocenters. The summed E-state index contributed by atoms with van der Waals surface area (Å²) in [6.07, 6.45) is -4.19. The summed E-state index contributed by atoms with van der Waals surface area (Å²) in [5, 5.41) is 0. The zero-order valence-corrected chi connectivity index (χ0v) is 10.3. The Hall–Kier alpha value is -1.52. The summed E-state index contributed by atoms with van der Waals surface area (Å²) in [5.41, 5.74) is -0.796. The first-order chi connectivity index (χ1) is 8.41. The molecule has 0 heterocycles. The minimum Gasteiger partial charge on any atom is -0.466 e. The molecule has 0 aliphatic carbocycles. The highest BCUT2D eigenvalue weighted by Gasteiger charge is 2.36. The fourth-order valence-corrected chi connectivity index (χ4v) is 1.82. The molecule has 1 aromatic carbocycles. The van der Waals surface area contributed by atoms with Crippen molar-refractivity contribution in [2.24, 2.45) is 0 Å². The molecule has 2 nitrogen and oxygen atoms in total. The molecule has 0 bridgehead atoms. The third-order valence-electron chi connectivity index (χ3n) is 2.62. The minimum atomic E-state index is -4.46. The highest BCUT2D eigenvalue weighted by Crippen LogP contribution is 2.36. The second kappa shape index (κ2) is 5.89. The molecular formula is C13H15F3O2. The van der Waals surface area contributed by atoms with E-state index in [1.54, 1.807) is 13.8 Å². The minimum absolute atomic E-state index is 0.0223. The fourth-order valence-electron chi connectivity index (χ4n) is 1.82. The van der Waals surface area contributed by atoms with Crippen molar-refractivity contribution >= 4 is 5.97 Å². The number of halogens is 3. The number of benzene rings is 1. The van der Waals surface area contributed by atoms with E-state index in [0.29, 0.717) is 0 Å². The van der Waals surface area contributed by atoms with Crippen LogP contribution in [0, 0.1) is 0 Å². The molecule has 0 spiro atoms. The van der Waals surface area contributed by atoms with Gasteiger partial charge >= 0.3 is 12.1 Å². The molecule has 5 heteroatoms. The molecule has 1 aromatic rings. The molecule has 0 aromatic heterocycles. The Kier molecular flexibility index (Phi) is 4.76. The number of ether oxygens (including phenoxy) is 1. The van der Waals surface area contributed by atoms with Gasteiger partial charge in [0.05, 0.1) is 18.1 Å². The molecule has 0 saturated carbocycles. The van der Waals surface area contributed by atoms with Gasteiger partial charge in [-0.05, 0) is 25.0 Å². The first kappa shape index (κ1) is 14.5. The van der Waals surface area contributed by atoms with Crippen molar-refractivity contribution in [3.8, 4) is 0 Å². The number of alkyl halides is 3. The summed E-state index contributed by atoms with van der Waals surface area (Å²) in [6, 6.07) is 5.11. The van der Waals surface area contributed by atoms with E-state index in [9.17, 15) is 18.0 Å². The molecule has 100 valence electrons. The first-order valence-electron chi connectivity index (χ1n) is 5.74. The molecule has 0 radical (unpaired) electrons. The largest absolute Gasteiger partial charge is 0.466 e. The van der Waals surface area contributed by atoms with Crippen LogP contribution >= 0.6 is 0 Å². The summed E-state index contributed by atoms with van der Waals surface area (Å²) < 4.78 is 43.3. The van der Waals surface area contributed by atoms with E-state index in [1.165, 1.54) is 18.2 Å². The zero-order chi connectivity index (χ0) is 13.8. The van der Waals surface area contributed by atoms with Gasteiger partial charge in [0.2, 0.25) is 0 Å². The molecule has 1 atom stereocenters. The van der Waals surface area contributed by atoms with Gasteiger partial charge in [-0.3, -0.25) is 4.79 Å². The van der Waals surface area contributed by atoms with Crippen molar-refractivity contribution in [2.45, 2.75) is 32.4 Å². The molecule has 0 amide bonds. The summed E-state index contributed by atoms with van der Waals surface area (Å²) >= 11 is 0. The predicted molar refractivity (Wildman–Crippen MR) is 61.1 cm³/mol. The molecular weight excluding hydrogens is 245 g/mol. The van der Waals surface area contributed by atoms with Crippen LogP contribution in [0.4, 0.5) is 13.2 Å². The monoisotopic (exact) mass is 260 g/mol. The first-order valence-corrected chi connectivity index (χ1v) is 5.74. The summed E-state index contributed by atoms with van der Waals surface area (Å²) in [5.74, 6) is -1.49.